The molecule has 198 valence electrons. The third-order valence-electron chi connectivity index (χ3n) is 9.18. The van der Waals surface area contributed by atoms with E-state index in [9.17, 15) is 8.78 Å². The summed E-state index contributed by atoms with van der Waals surface area (Å²) in [4.78, 5) is 0. The van der Waals surface area contributed by atoms with E-state index in [1.54, 1.807) is 36.4 Å². The van der Waals surface area contributed by atoms with E-state index in [0.29, 0.717) is 10.6 Å². The lowest BCUT2D eigenvalue weighted by Gasteiger charge is -2.32. The minimum absolute atomic E-state index is 0.0512. The average molecular weight is 515 g/mol. The molecule has 36 heavy (non-hydrogen) atoms. The molecule has 2 aromatic carbocycles. The molecule has 0 atom stereocenters. The van der Waals surface area contributed by atoms with Gasteiger partial charge < -0.3 is 0 Å². The van der Waals surface area contributed by atoms with Crippen LogP contribution in [0, 0.1) is 29.4 Å². The Morgan fingerprint density at radius 3 is 1.72 bits per heavy atom. The molecule has 4 rings (SSSR count). The summed E-state index contributed by atoms with van der Waals surface area (Å²) < 4.78 is 29.9. The Morgan fingerprint density at radius 2 is 1.17 bits per heavy atom. The van der Waals surface area contributed by atoms with Gasteiger partial charge in [-0.25, -0.2) is 8.78 Å². The molecule has 0 radical (unpaired) electrons. The number of unbranched alkanes of at least 4 members (excludes halogenated alkanes) is 4. The van der Waals surface area contributed by atoms with Crippen LogP contribution >= 0.6 is 11.6 Å². The first kappa shape index (κ1) is 27.6. The fraction of sp³-hybridized carbons (Fsp3) is 0.636. The first-order chi connectivity index (χ1) is 17.5. The summed E-state index contributed by atoms with van der Waals surface area (Å²) in [6.07, 6.45) is 21.5. The maximum atomic E-state index is 14.9. The minimum Gasteiger partial charge on any atom is -0.206 e. The number of hydrogen-bond acceptors (Lipinski definition) is 0. The molecule has 0 bridgehead atoms. The number of hydrogen-bond donors (Lipinski definition) is 0. The summed E-state index contributed by atoms with van der Waals surface area (Å²) in [6, 6.07) is 9.84. The van der Waals surface area contributed by atoms with E-state index in [0.717, 1.165) is 36.2 Å². The summed E-state index contributed by atoms with van der Waals surface area (Å²) in [6.45, 7) is 2.29. The monoisotopic (exact) mass is 514 g/mol. The van der Waals surface area contributed by atoms with Crippen molar-refractivity contribution in [3.63, 3.8) is 0 Å². The van der Waals surface area contributed by atoms with Crippen molar-refractivity contribution in [2.45, 2.75) is 116 Å². The largest absolute Gasteiger partial charge is 0.206 e. The van der Waals surface area contributed by atoms with Crippen LogP contribution in [0.2, 0.25) is 5.02 Å². The smallest absolute Gasteiger partial charge is 0.134 e. The summed E-state index contributed by atoms with van der Waals surface area (Å²) in [5.41, 5.74) is 1.41. The minimum atomic E-state index is -0.467. The van der Waals surface area contributed by atoms with E-state index in [2.05, 4.69) is 6.92 Å². The molecular weight excluding hydrogens is 470 g/mol. The quantitative estimate of drug-likeness (QED) is 0.261. The maximum Gasteiger partial charge on any atom is 0.134 e. The molecule has 0 spiro atoms. The van der Waals surface area contributed by atoms with Crippen molar-refractivity contribution in [2.75, 3.05) is 0 Å². The maximum absolute atomic E-state index is 14.9. The molecule has 0 aromatic heterocycles. The standard InChI is InChI=1S/C33H45ClF2/c1-2-3-4-5-6-7-24-8-10-25(11-9-24)12-13-26-14-16-27(17-15-26)29-22-31(35)33(32(36)23-29)28-18-20-30(34)21-19-28/h18-27H,2-17H2,1H3/t24-,25-,26-,27-. The number of halogens is 3. The Kier molecular flexibility index (Phi) is 10.7. The van der Waals surface area contributed by atoms with Crippen molar-refractivity contribution >= 4 is 11.6 Å². The van der Waals surface area contributed by atoms with E-state index >= 15 is 0 Å². The number of rotatable bonds is 11. The second-order valence-corrected chi connectivity index (χ2v) is 12.2. The highest BCUT2D eigenvalue weighted by atomic mass is 35.5. The molecule has 0 unspecified atom stereocenters. The third-order valence-corrected chi connectivity index (χ3v) is 9.43. The van der Waals surface area contributed by atoms with Gasteiger partial charge in [-0.1, -0.05) is 108 Å². The first-order valence-electron chi connectivity index (χ1n) is 14.8. The Labute approximate surface area is 223 Å². The van der Waals surface area contributed by atoms with Crippen LogP contribution in [0.1, 0.15) is 121 Å². The van der Waals surface area contributed by atoms with E-state index in [4.69, 9.17) is 11.6 Å². The first-order valence-corrected chi connectivity index (χ1v) is 15.2. The van der Waals surface area contributed by atoms with Crippen molar-refractivity contribution in [1.29, 1.82) is 0 Å². The fourth-order valence-corrected chi connectivity index (χ4v) is 6.95. The van der Waals surface area contributed by atoms with Crippen LogP contribution in [0.5, 0.6) is 0 Å². The van der Waals surface area contributed by atoms with Crippen molar-refractivity contribution in [1.82, 2.24) is 0 Å². The van der Waals surface area contributed by atoms with Crippen molar-refractivity contribution in [3.8, 4) is 11.1 Å². The van der Waals surface area contributed by atoms with Crippen LogP contribution in [-0.2, 0) is 0 Å². The SMILES string of the molecule is CCCCCCC[C@H]1CC[C@H](CC[C@H]2CC[C@H](c3cc(F)c(-c4ccc(Cl)cc4)c(F)c3)CC2)CC1. The van der Waals surface area contributed by atoms with Gasteiger partial charge in [-0.3, -0.25) is 0 Å². The molecule has 0 aliphatic heterocycles. The Balaban J connectivity index is 1.18. The van der Waals surface area contributed by atoms with Gasteiger partial charge >= 0.3 is 0 Å². The van der Waals surface area contributed by atoms with Gasteiger partial charge in [-0.2, -0.15) is 0 Å². The summed E-state index contributed by atoms with van der Waals surface area (Å²) in [5.74, 6) is 2.06. The molecule has 0 heterocycles. The van der Waals surface area contributed by atoms with Crippen molar-refractivity contribution in [2.24, 2.45) is 17.8 Å². The molecule has 0 N–H and O–H groups in total. The Morgan fingerprint density at radius 1 is 0.667 bits per heavy atom. The van der Waals surface area contributed by atoms with Crippen LogP contribution in [0.4, 0.5) is 8.78 Å². The molecule has 3 heteroatoms. The summed E-state index contributed by atoms with van der Waals surface area (Å²) >= 11 is 5.93. The van der Waals surface area contributed by atoms with Gasteiger partial charge in [0, 0.05) is 5.02 Å². The molecule has 2 aromatic rings. The van der Waals surface area contributed by atoms with Crippen LogP contribution in [-0.4, -0.2) is 0 Å². The second kappa shape index (κ2) is 13.9. The zero-order valence-corrected chi connectivity index (χ0v) is 23.0. The van der Waals surface area contributed by atoms with Gasteiger partial charge in [0.1, 0.15) is 11.6 Å². The molecule has 2 aliphatic rings. The summed E-state index contributed by atoms with van der Waals surface area (Å²) in [5, 5.41) is 0.564. The highest BCUT2D eigenvalue weighted by molar-refractivity contribution is 6.30. The van der Waals surface area contributed by atoms with E-state index in [-0.39, 0.29) is 11.5 Å². The van der Waals surface area contributed by atoms with Crippen LogP contribution in [0.3, 0.4) is 0 Å². The fourth-order valence-electron chi connectivity index (χ4n) is 6.82. The zero-order valence-electron chi connectivity index (χ0n) is 22.2. The van der Waals surface area contributed by atoms with E-state index < -0.39 is 11.6 Å². The van der Waals surface area contributed by atoms with Gasteiger partial charge in [0.25, 0.3) is 0 Å². The van der Waals surface area contributed by atoms with Gasteiger partial charge in [0.15, 0.2) is 0 Å². The van der Waals surface area contributed by atoms with Crippen LogP contribution < -0.4 is 0 Å². The van der Waals surface area contributed by atoms with Crippen LogP contribution in [0.25, 0.3) is 11.1 Å². The molecule has 0 saturated heterocycles. The molecule has 2 saturated carbocycles. The third kappa shape index (κ3) is 7.80. The van der Waals surface area contributed by atoms with Gasteiger partial charge in [-0.15, -0.1) is 0 Å². The molecule has 2 aliphatic carbocycles. The van der Waals surface area contributed by atoms with Gasteiger partial charge in [0.05, 0.1) is 5.56 Å². The Hall–Kier alpha value is -1.41. The second-order valence-electron chi connectivity index (χ2n) is 11.8. The lowest BCUT2D eigenvalue weighted by atomic mass is 9.74. The average Bonchev–Trinajstić information content (AvgIpc) is 2.89. The molecule has 2 fully saturated rings. The van der Waals surface area contributed by atoms with Gasteiger partial charge in [0.2, 0.25) is 0 Å². The van der Waals surface area contributed by atoms with Crippen LogP contribution in [0.15, 0.2) is 36.4 Å². The van der Waals surface area contributed by atoms with Crippen molar-refractivity contribution < 1.29 is 8.78 Å². The Bertz CT molecular complexity index is 898. The van der Waals surface area contributed by atoms with E-state index in [1.807, 2.05) is 0 Å². The molecular formula is C33H45ClF2. The molecule has 0 nitrogen and oxygen atoms in total. The normalized spacial score (nSPS) is 24.7. The highest BCUT2D eigenvalue weighted by Crippen LogP contribution is 2.41. The van der Waals surface area contributed by atoms with Gasteiger partial charge in [-0.05, 0) is 84.7 Å². The van der Waals surface area contributed by atoms with E-state index in [1.165, 1.54) is 89.9 Å². The summed E-state index contributed by atoms with van der Waals surface area (Å²) in [7, 11) is 0. The lowest BCUT2D eigenvalue weighted by Crippen LogP contribution is -2.18. The predicted octanol–water partition coefficient (Wildman–Crippen LogP) is 11.5. The molecule has 0 amide bonds. The lowest BCUT2D eigenvalue weighted by molar-refractivity contribution is 0.222. The number of benzene rings is 2. The zero-order chi connectivity index (χ0) is 25.3. The topological polar surface area (TPSA) is 0 Å². The predicted molar refractivity (Wildman–Crippen MR) is 150 cm³/mol. The highest BCUT2D eigenvalue weighted by Gasteiger charge is 2.26. The van der Waals surface area contributed by atoms with Crippen molar-refractivity contribution in [3.05, 3.63) is 58.6 Å².